The Bertz CT molecular complexity index is 1300. The van der Waals surface area contributed by atoms with Crippen LogP contribution in [-0.4, -0.2) is 39.9 Å². The van der Waals surface area contributed by atoms with Crippen LogP contribution in [0.2, 0.25) is 0 Å². The van der Waals surface area contributed by atoms with Crippen molar-refractivity contribution in [1.29, 1.82) is 0 Å². The van der Waals surface area contributed by atoms with Gasteiger partial charge in [-0.05, 0) is 23.3 Å². The number of aromatic nitrogens is 3. The van der Waals surface area contributed by atoms with Gasteiger partial charge < -0.3 is 9.30 Å². The number of hydrogen-bond donors (Lipinski definition) is 0. The van der Waals surface area contributed by atoms with Crippen LogP contribution in [0.1, 0.15) is 11.1 Å². The number of pyridine rings is 1. The third-order valence-corrected chi connectivity index (χ3v) is 7.51. The van der Waals surface area contributed by atoms with Crippen LogP contribution in [0.25, 0.3) is 10.9 Å². The minimum atomic E-state index is -3.87. The second kappa shape index (κ2) is 8.22. The molecule has 1 aliphatic rings. The number of hydrogen-bond acceptors (Lipinski definition) is 5. The Morgan fingerprint density at radius 1 is 1.00 bits per heavy atom. The SMILES string of the molecule is O=S(=O)(c1cccc2cccnc12)N1Cc2ccccc2COC[C@H]1Cn1ccnc1. The summed E-state index contributed by atoms with van der Waals surface area (Å²) >= 11 is 0. The monoisotopic (exact) mass is 434 g/mol. The summed E-state index contributed by atoms with van der Waals surface area (Å²) in [7, 11) is -3.87. The van der Waals surface area contributed by atoms with Gasteiger partial charge in [-0.25, -0.2) is 13.4 Å². The largest absolute Gasteiger partial charge is 0.375 e. The maximum absolute atomic E-state index is 14.0. The van der Waals surface area contributed by atoms with Gasteiger partial charge in [0.2, 0.25) is 10.0 Å². The number of benzene rings is 2. The first kappa shape index (κ1) is 19.9. The highest BCUT2D eigenvalue weighted by molar-refractivity contribution is 7.89. The predicted molar refractivity (Wildman–Crippen MR) is 117 cm³/mol. The number of nitrogens with zero attached hydrogens (tertiary/aromatic N) is 4. The molecule has 0 spiro atoms. The van der Waals surface area contributed by atoms with E-state index in [1.165, 1.54) is 0 Å². The van der Waals surface area contributed by atoms with Crippen LogP contribution in [0.5, 0.6) is 0 Å². The van der Waals surface area contributed by atoms with Crippen LogP contribution < -0.4 is 0 Å². The van der Waals surface area contributed by atoms with Crippen LogP contribution in [0, 0.1) is 0 Å². The van der Waals surface area contributed by atoms with Crippen molar-refractivity contribution in [3.8, 4) is 0 Å². The smallest absolute Gasteiger partial charge is 0.245 e. The molecule has 0 fully saturated rings. The molecule has 0 bridgehead atoms. The van der Waals surface area contributed by atoms with Crippen LogP contribution >= 0.6 is 0 Å². The van der Waals surface area contributed by atoms with E-state index in [9.17, 15) is 8.42 Å². The van der Waals surface area contributed by atoms with E-state index in [4.69, 9.17) is 4.74 Å². The number of fused-ring (bicyclic) bond motifs is 2. The Morgan fingerprint density at radius 2 is 1.84 bits per heavy atom. The van der Waals surface area contributed by atoms with Gasteiger partial charge in [-0.15, -0.1) is 0 Å². The second-order valence-corrected chi connectivity index (χ2v) is 9.44. The van der Waals surface area contributed by atoms with Gasteiger partial charge in [0, 0.05) is 37.1 Å². The molecule has 7 nitrogen and oxygen atoms in total. The molecule has 0 unspecified atom stereocenters. The summed E-state index contributed by atoms with van der Waals surface area (Å²) in [5.74, 6) is 0. The van der Waals surface area contributed by atoms with Crippen LogP contribution in [0.4, 0.5) is 0 Å². The number of rotatable bonds is 4. The number of imidazole rings is 1. The lowest BCUT2D eigenvalue weighted by Crippen LogP contribution is -2.45. The van der Waals surface area contributed by atoms with Gasteiger partial charge in [0.25, 0.3) is 0 Å². The second-order valence-electron chi connectivity index (χ2n) is 7.58. The summed E-state index contributed by atoms with van der Waals surface area (Å²) in [5, 5.41) is 0.790. The van der Waals surface area contributed by atoms with Gasteiger partial charge in [0.15, 0.2) is 0 Å². The molecule has 8 heteroatoms. The van der Waals surface area contributed by atoms with E-state index in [1.807, 2.05) is 47.2 Å². The Balaban J connectivity index is 1.63. The minimum absolute atomic E-state index is 0.208. The van der Waals surface area contributed by atoms with E-state index < -0.39 is 16.1 Å². The van der Waals surface area contributed by atoms with Crippen molar-refractivity contribution >= 4 is 20.9 Å². The van der Waals surface area contributed by atoms with E-state index in [0.29, 0.717) is 18.7 Å². The van der Waals surface area contributed by atoms with Crippen LogP contribution in [-0.2, 0) is 34.5 Å². The lowest BCUT2D eigenvalue weighted by atomic mass is 10.1. The maximum atomic E-state index is 14.0. The summed E-state index contributed by atoms with van der Waals surface area (Å²) in [4.78, 5) is 8.68. The number of sulfonamides is 1. The fourth-order valence-electron chi connectivity index (χ4n) is 4.01. The first-order valence-electron chi connectivity index (χ1n) is 10.1. The fourth-order valence-corrected chi connectivity index (χ4v) is 5.76. The van der Waals surface area contributed by atoms with Crippen molar-refractivity contribution in [2.75, 3.05) is 6.61 Å². The lowest BCUT2D eigenvalue weighted by molar-refractivity contribution is 0.0613. The standard InChI is InChI=1S/C23H22N4O3S/c28-31(29,22-9-3-7-18-8-4-10-25-23(18)22)27-13-19-5-1-2-6-20(19)15-30-16-21(27)14-26-12-11-24-17-26/h1-12,17,21H,13-16H2/t21-/m1/s1. The Kier molecular flexibility index (Phi) is 5.27. The van der Waals surface area contributed by atoms with Gasteiger partial charge in [0.05, 0.1) is 31.1 Å². The first-order chi connectivity index (χ1) is 15.1. The highest BCUT2D eigenvalue weighted by Gasteiger charge is 2.35. The first-order valence-corrected chi connectivity index (χ1v) is 11.5. The third-order valence-electron chi connectivity index (χ3n) is 5.58. The normalized spacial score (nSPS) is 17.7. The molecule has 4 aromatic rings. The van der Waals surface area contributed by atoms with Crippen molar-refractivity contribution in [3.05, 3.63) is 90.6 Å². The van der Waals surface area contributed by atoms with Gasteiger partial charge in [-0.2, -0.15) is 4.31 Å². The quantitative estimate of drug-likeness (QED) is 0.493. The lowest BCUT2D eigenvalue weighted by Gasteiger charge is -2.33. The topological polar surface area (TPSA) is 77.3 Å². The Morgan fingerprint density at radius 3 is 2.68 bits per heavy atom. The molecule has 31 heavy (non-hydrogen) atoms. The molecule has 2 aromatic heterocycles. The molecule has 1 aliphatic heterocycles. The van der Waals surface area contributed by atoms with Crippen molar-refractivity contribution in [2.45, 2.75) is 30.6 Å². The molecule has 1 atom stereocenters. The number of ether oxygens (including phenoxy) is 1. The molecule has 0 radical (unpaired) electrons. The maximum Gasteiger partial charge on any atom is 0.245 e. The van der Waals surface area contributed by atoms with Gasteiger partial charge in [0.1, 0.15) is 4.90 Å². The van der Waals surface area contributed by atoms with E-state index in [0.717, 1.165) is 16.5 Å². The molecule has 0 saturated carbocycles. The molecule has 3 heterocycles. The summed E-state index contributed by atoms with van der Waals surface area (Å²) < 4.78 is 37.4. The van der Waals surface area contributed by atoms with E-state index in [-0.39, 0.29) is 18.0 Å². The molecular weight excluding hydrogens is 412 g/mol. The van der Waals surface area contributed by atoms with E-state index in [1.54, 1.807) is 41.2 Å². The van der Waals surface area contributed by atoms with Gasteiger partial charge >= 0.3 is 0 Å². The van der Waals surface area contributed by atoms with Gasteiger partial charge in [-0.3, -0.25) is 4.98 Å². The summed E-state index contributed by atoms with van der Waals surface area (Å²) in [6.45, 7) is 1.45. The highest BCUT2D eigenvalue weighted by Crippen LogP contribution is 2.29. The molecule has 0 N–H and O–H groups in total. The zero-order valence-electron chi connectivity index (χ0n) is 16.8. The average Bonchev–Trinajstić information content (AvgIpc) is 3.29. The summed E-state index contributed by atoms with van der Waals surface area (Å²) in [6.07, 6.45) is 6.83. The molecule has 2 aromatic carbocycles. The summed E-state index contributed by atoms with van der Waals surface area (Å²) in [6, 6.07) is 16.4. The molecule has 0 amide bonds. The van der Waals surface area contributed by atoms with E-state index in [2.05, 4.69) is 9.97 Å². The highest BCUT2D eigenvalue weighted by atomic mass is 32.2. The van der Waals surface area contributed by atoms with Crippen LogP contribution in [0.3, 0.4) is 0 Å². The van der Waals surface area contributed by atoms with Crippen molar-refractivity contribution in [2.24, 2.45) is 0 Å². The molecule has 0 aliphatic carbocycles. The molecule has 0 saturated heterocycles. The third kappa shape index (κ3) is 3.85. The molecule has 158 valence electrons. The average molecular weight is 435 g/mol. The van der Waals surface area contributed by atoms with Crippen molar-refractivity contribution in [3.63, 3.8) is 0 Å². The zero-order chi connectivity index (χ0) is 21.3. The Labute approximate surface area is 181 Å². The van der Waals surface area contributed by atoms with Crippen molar-refractivity contribution in [1.82, 2.24) is 18.8 Å². The number of para-hydroxylation sites is 1. The fraction of sp³-hybridized carbons (Fsp3) is 0.217. The van der Waals surface area contributed by atoms with Crippen molar-refractivity contribution < 1.29 is 13.2 Å². The minimum Gasteiger partial charge on any atom is -0.375 e. The Hall–Kier alpha value is -3.07. The molecule has 5 rings (SSSR count). The van der Waals surface area contributed by atoms with E-state index >= 15 is 0 Å². The zero-order valence-corrected chi connectivity index (χ0v) is 17.6. The van der Waals surface area contributed by atoms with Gasteiger partial charge in [-0.1, -0.05) is 42.5 Å². The predicted octanol–water partition coefficient (Wildman–Crippen LogP) is 3.22. The van der Waals surface area contributed by atoms with Crippen LogP contribution in [0.15, 0.2) is 84.4 Å². The molecular formula is C23H22N4O3S. The summed E-state index contributed by atoms with van der Waals surface area (Å²) in [5.41, 5.74) is 2.41.